The summed E-state index contributed by atoms with van der Waals surface area (Å²) in [5, 5.41) is 9.68. The number of hydrogen-bond acceptors (Lipinski definition) is 4. The van der Waals surface area contributed by atoms with Crippen molar-refractivity contribution in [2.45, 2.75) is 54.9 Å². The van der Waals surface area contributed by atoms with Gasteiger partial charge in [0.05, 0.1) is 33.6 Å². The smallest absolute Gasteiger partial charge is 0.393 e. The molecule has 5 rings (SSSR count). The van der Waals surface area contributed by atoms with E-state index in [0.29, 0.717) is 36.9 Å². The van der Waals surface area contributed by atoms with E-state index in [4.69, 9.17) is 23.2 Å². The van der Waals surface area contributed by atoms with Gasteiger partial charge in [-0.3, -0.25) is 0 Å². The third kappa shape index (κ3) is 4.46. The van der Waals surface area contributed by atoms with E-state index in [1.807, 2.05) is 0 Å². The fourth-order valence-electron chi connectivity index (χ4n) is 4.98. The molecule has 3 aromatic rings. The Labute approximate surface area is 209 Å². The summed E-state index contributed by atoms with van der Waals surface area (Å²) in [6.07, 6.45) is -1.63. The van der Waals surface area contributed by atoms with Gasteiger partial charge in [-0.2, -0.15) is 17.5 Å². The van der Waals surface area contributed by atoms with Gasteiger partial charge in [0.25, 0.3) is 0 Å². The van der Waals surface area contributed by atoms with Gasteiger partial charge in [-0.05, 0) is 56.0 Å². The Kier molecular flexibility index (Phi) is 6.16. The van der Waals surface area contributed by atoms with Crippen molar-refractivity contribution in [2.24, 2.45) is 0 Å². The van der Waals surface area contributed by atoms with Gasteiger partial charge >= 0.3 is 6.18 Å². The quantitative estimate of drug-likeness (QED) is 0.437. The Morgan fingerprint density at radius 3 is 2.29 bits per heavy atom. The first kappa shape index (κ1) is 24.6. The van der Waals surface area contributed by atoms with Gasteiger partial charge < -0.3 is 10.1 Å². The van der Waals surface area contributed by atoms with E-state index in [1.165, 1.54) is 28.7 Å². The maximum atomic E-state index is 13.6. The molecular formula is C23H20Cl2F3N3O3S. The number of nitrogens with one attached hydrogen (secondary N) is 1. The van der Waals surface area contributed by atoms with Crippen LogP contribution in [0, 0.1) is 0 Å². The molecule has 0 radical (unpaired) electrons. The number of aromatic nitrogens is 2. The van der Waals surface area contributed by atoms with Gasteiger partial charge in [-0.1, -0.05) is 29.3 Å². The summed E-state index contributed by atoms with van der Waals surface area (Å²) in [6, 6.07) is 7.42. The second-order valence-electron chi connectivity index (χ2n) is 8.83. The first-order valence-corrected chi connectivity index (χ1v) is 13.1. The number of aromatic amines is 1. The lowest BCUT2D eigenvalue weighted by Crippen LogP contribution is -2.47. The van der Waals surface area contributed by atoms with Gasteiger partial charge in [0.15, 0.2) is 0 Å². The lowest BCUT2D eigenvalue weighted by molar-refractivity contribution is -0.137. The maximum Gasteiger partial charge on any atom is 0.417 e. The lowest BCUT2D eigenvalue weighted by Gasteiger charge is -2.36. The van der Waals surface area contributed by atoms with Crippen LogP contribution in [0.3, 0.4) is 0 Å². The standard InChI is InChI=1S/C23H20Cl2F3N3O3S/c24-18-5-1-12(7-17(18)23(26,27)28)20-11-29-22(30-20)13-2-6-19(25)21(8-13)35(33,34)31-14-3-4-15(31)10-16(32)9-14/h1-2,5-8,11,14-16,32H,3-4,9-10H2,(H,29,30)/t14-,15?,16?/m0/s1. The summed E-state index contributed by atoms with van der Waals surface area (Å²) >= 11 is 12.0. The van der Waals surface area contributed by atoms with E-state index in [-0.39, 0.29) is 33.4 Å². The molecule has 2 saturated heterocycles. The molecule has 2 N–H and O–H groups in total. The zero-order valence-electron chi connectivity index (χ0n) is 18.1. The number of imidazole rings is 1. The van der Waals surface area contributed by atoms with Crippen LogP contribution in [0.1, 0.15) is 31.2 Å². The number of alkyl halides is 3. The minimum absolute atomic E-state index is 0.0542. The molecule has 2 aliphatic heterocycles. The first-order valence-electron chi connectivity index (χ1n) is 10.9. The number of sulfonamides is 1. The normalized spacial score (nSPS) is 23.1. The fourth-order valence-corrected chi connectivity index (χ4v) is 7.60. The van der Waals surface area contributed by atoms with Gasteiger partial charge in [0.2, 0.25) is 10.0 Å². The van der Waals surface area contributed by atoms with E-state index in [9.17, 15) is 26.7 Å². The highest BCUT2D eigenvalue weighted by Gasteiger charge is 2.47. The number of rotatable bonds is 4. The second-order valence-corrected chi connectivity index (χ2v) is 11.5. The lowest BCUT2D eigenvalue weighted by atomic mass is 10.0. The molecule has 0 aliphatic carbocycles. The summed E-state index contributed by atoms with van der Waals surface area (Å²) in [7, 11) is -3.95. The largest absolute Gasteiger partial charge is 0.417 e. The number of halogens is 5. The number of hydrogen-bond donors (Lipinski definition) is 2. The van der Waals surface area contributed by atoms with Crippen molar-refractivity contribution in [3.05, 3.63) is 58.2 Å². The van der Waals surface area contributed by atoms with Crippen LogP contribution in [0.15, 0.2) is 47.5 Å². The van der Waals surface area contributed by atoms with Crippen molar-refractivity contribution in [1.82, 2.24) is 14.3 Å². The molecule has 2 unspecified atom stereocenters. The van der Waals surface area contributed by atoms with Gasteiger partial charge in [-0.25, -0.2) is 13.4 Å². The molecule has 35 heavy (non-hydrogen) atoms. The number of aliphatic hydroxyl groups excluding tert-OH is 1. The van der Waals surface area contributed by atoms with Crippen LogP contribution in [0.25, 0.3) is 22.6 Å². The van der Waals surface area contributed by atoms with Crippen LogP contribution in [0.5, 0.6) is 0 Å². The molecule has 12 heteroatoms. The van der Waals surface area contributed by atoms with Crippen LogP contribution >= 0.6 is 23.2 Å². The third-order valence-corrected chi connectivity index (χ3v) is 9.38. The highest BCUT2D eigenvalue weighted by molar-refractivity contribution is 7.89. The third-order valence-electron chi connectivity index (χ3n) is 6.56. The summed E-state index contributed by atoms with van der Waals surface area (Å²) in [5.41, 5.74) is -0.0158. The Bertz CT molecular complexity index is 1380. The molecule has 0 saturated carbocycles. The average Bonchev–Trinajstić information content (AvgIpc) is 3.37. The van der Waals surface area contributed by atoms with Crippen LogP contribution < -0.4 is 0 Å². The Hall–Kier alpha value is -2.11. The number of H-pyrrole nitrogens is 1. The minimum Gasteiger partial charge on any atom is -0.393 e. The second kappa shape index (κ2) is 8.77. The molecule has 186 valence electrons. The van der Waals surface area contributed by atoms with Crippen molar-refractivity contribution in [1.29, 1.82) is 0 Å². The minimum atomic E-state index is -4.61. The average molecular weight is 546 g/mol. The fraction of sp³-hybridized carbons (Fsp3) is 0.348. The topological polar surface area (TPSA) is 86.3 Å². The van der Waals surface area contributed by atoms with E-state index in [0.717, 1.165) is 12.1 Å². The maximum absolute atomic E-state index is 13.6. The van der Waals surface area contributed by atoms with Crippen molar-refractivity contribution in [2.75, 3.05) is 0 Å². The van der Waals surface area contributed by atoms with E-state index in [1.54, 1.807) is 6.07 Å². The molecule has 2 bridgehead atoms. The number of benzene rings is 2. The van der Waals surface area contributed by atoms with E-state index in [2.05, 4.69) is 9.97 Å². The van der Waals surface area contributed by atoms with Crippen molar-refractivity contribution in [3.8, 4) is 22.6 Å². The van der Waals surface area contributed by atoms with E-state index < -0.39 is 32.9 Å². The summed E-state index contributed by atoms with van der Waals surface area (Å²) in [5.74, 6) is 0.272. The molecule has 2 aliphatic rings. The molecular weight excluding hydrogens is 526 g/mol. The van der Waals surface area contributed by atoms with E-state index >= 15 is 0 Å². The number of fused-ring (bicyclic) bond motifs is 2. The summed E-state index contributed by atoms with van der Waals surface area (Å²) in [4.78, 5) is 7.12. The van der Waals surface area contributed by atoms with Crippen LogP contribution in [-0.4, -0.2) is 46.0 Å². The first-order chi connectivity index (χ1) is 16.4. The van der Waals surface area contributed by atoms with Crippen LogP contribution in [0.4, 0.5) is 13.2 Å². The van der Waals surface area contributed by atoms with Crippen molar-refractivity contribution < 1.29 is 26.7 Å². The number of nitrogens with zero attached hydrogens (tertiary/aromatic N) is 2. The van der Waals surface area contributed by atoms with Gasteiger partial charge in [-0.15, -0.1) is 0 Å². The molecule has 2 aromatic carbocycles. The molecule has 1 aromatic heterocycles. The zero-order chi connectivity index (χ0) is 25.1. The Morgan fingerprint density at radius 2 is 1.63 bits per heavy atom. The highest BCUT2D eigenvalue weighted by atomic mass is 35.5. The predicted molar refractivity (Wildman–Crippen MR) is 126 cm³/mol. The Morgan fingerprint density at radius 1 is 1.00 bits per heavy atom. The van der Waals surface area contributed by atoms with Gasteiger partial charge in [0.1, 0.15) is 10.7 Å². The van der Waals surface area contributed by atoms with Gasteiger partial charge in [0, 0.05) is 23.2 Å². The predicted octanol–water partition coefficient (Wildman–Crippen LogP) is 5.75. The summed E-state index contributed by atoms with van der Waals surface area (Å²) in [6.45, 7) is 0. The molecule has 2 fully saturated rings. The van der Waals surface area contributed by atoms with Crippen LogP contribution in [-0.2, 0) is 16.2 Å². The molecule has 0 amide bonds. The van der Waals surface area contributed by atoms with Crippen molar-refractivity contribution in [3.63, 3.8) is 0 Å². The SMILES string of the molecule is O=S(=O)(c1cc(-c2ncc(-c3ccc(Cl)c(C(F)(F)F)c3)[nH]2)ccc1Cl)N1C2CC[C@H]1CC(O)C2. The van der Waals surface area contributed by atoms with Crippen molar-refractivity contribution >= 4 is 33.2 Å². The monoisotopic (exact) mass is 545 g/mol. The molecule has 0 spiro atoms. The highest BCUT2D eigenvalue weighted by Crippen LogP contribution is 2.42. The molecule has 3 atom stereocenters. The molecule has 3 heterocycles. The van der Waals surface area contributed by atoms with Crippen LogP contribution in [0.2, 0.25) is 10.0 Å². The number of aliphatic hydroxyl groups is 1. The zero-order valence-corrected chi connectivity index (χ0v) is 20.4. The number of piperidine rings is 1. The summed E-state index contributed by atoms with van der Waals surface area (Å²) < 4.78 is 68.3. The molecule has 6 nitrogen and oxygen atoms in total. The Balaban J connectivity index is 1.49.